The molecule has 0 bridgehead atoms. The predicted molar refractivity (Wildman–Crippen MR) is 73.7 cm³/mol. The van der Waals surface area contributed by atoms with E-state index < -0.39 is 11.4 Å². The van der Waals surface area contributed by atoms with Crippen molar-refractivity contribution in [2.24, 2.45) is 0 Å². The van der Waals surface area contributed by atoms with Gasteiger partial charge in [-0.05, 0) is 47.7 Å². The molecular weight excluding hydrogens is 282 g/mol. The summed E-state index contributed by atoms with van der Waals surface area (Å²) in [6.45, 7) is 0. The molecule has 1 N–H and O–H groups in total. The topological polar surface area (TPSA) is 20.2 Å². The fourth-order valence-electron chi connectivity index (χ4n) is 2.89. The molecule has 1 nitrogen and oxygen atoms in total. The van der Waals surface area contributed by atoms with Gasteiger partial charge in [-0.3, -0.25) is 0 Å². The second-order valence-electron chi connectivity index (χ2n) is 5.22. The summed E-state index contributed by atoms with van der Waals surface area (Å²) >= 11 is 5.75. The van der Waals surface area contributed by atoms with Gasteiger partial charge in [0.05, 0.1) is 10.6 Å². The van der Waals surface area contributed by atoms with E-state index >= 15 is 0 Å². The van der Waals surface area contributed by atoms with Crippen LogP contribution in [0.25, 0.3) is 0 Å². The Kier molecular flexibility index (Phi) is 3.27. The van der Waals surface area contributed by atoms with Gasteiger partial charge in [-0.15, -0.1) is 0 Å². The van der Waals surface area contributed by atoms with Crippen LogP contribution in [0.4, 0.5) is 8.78 Å². The fourth-order valence-corrected chi connectivity index (χ4v) is 3.09. The normalized spacial score (nSPS) is 21.0. The van der Waals surface area contributed by atoms with Gasteiger partial charge in [0.15, 0.2) is 0 Å². The lowest BCUT2D eigenvalue weighted by atomic mass is 9.89. The zero-order valence-corrected chi connectivity index (χ0v) is 11.4. The summed E-state index contributed by atoms with van der Waals surface area (Å²) in [5.41, 5.74) is 0.815. The van der Waals surface area contributed by atoms with Gasteiger partial charge in [0.2, 0.25) is 0 Å². The molecule has 104 valence electrons. The molecule has 0 aliphatic heterocycles. The van der Waals surface area contributed by atoms with E-state index in [1.165, 1.54) is 18.2 Å². The zero-order chi connectivity index (χ0) is 14.3. The Labute approximate surface area is 120 Å². The SMILES string of the molecule is OC1(Cc2ccc(F)c(Cl)c2)CCc2c(F)cccc21. The van der Waals surface area contributed by atoms with E-state index in [1.54, 1.807) is 18.2 Å². The third kappa shape index (κ3) is 2.21. The molecule has 1 atom stereocenters. The number of hydrogen-bond acceptors (Lipinski definition) is 1. The first-order chi connectivity index (χ1) is 9.49. The van der Waals surface area contributed by atoms with E-state index in [0.29, 0.717) is 30.4 Å². The minimum atomic E-state index is -1.11. The Morgan fingerprint density at radius 2 is 1.95 bits per heavy atom. The van der Waals surface area contributed by atoms with Crippen LogP contribution < -0.4 is 0 Å². The lowest BCUT2D eigenvalue weighted by molar-refractivity contribution is 0.0389. The van der Waals surface area contributed by atoms with Crippen molar-refractivity contribution >= 4 is 11.6 Å². The van der Waals surface area contributed by atoms with Gasteiger partial charge in [-0.25, -0.2) is 8.78 Å². The molecule has 20 heavy (non-hydrogen) atoms. The Hall–Kier alpha value is -1.45. The number of aliphatic hydroxyl groups is 1. The van der Waals surface area contributed by atoms with E-state index in [0.717, 1.165) is 5.56 Å². The molecule has 0 heterocycles. The summed E-state index contributed by atoms with van der Waals surface area (Å²) in [4.78, 5) is 0. The lowest BCUT2D eigenvalue weighted by Crippen LogP contribution is -2.25. The molecule has 0 saturated carbocycles. The summed E-state index contributed by atoms with van der Waals surface area (Å²) in [6, 6.07) is 9.13. The molecule has 0 spiro atoms. The summed E-state index contributed by atoms with van der Waals surface area (Å²) < 4.78 is 26.9. The van der Waals surface area contributed by atoms with Gasteiger partial charge in [-0.1, -0.05) is 29.8 Å². The molecule has 0 radical (unpaired) electrons. The highest BCUT2D eigenvalue weighted by Gasteiger charge is 2.38. The molecule has 0 amide bonds. The average Bonchev–Trinajstić information content (AvgIpc) is 2.73. The Morgan fingerprint density at radius 3 is 2.70 bits per heavy atom. The molecule has 2 aromatic carbocycles. The van der Waals surface area contributed by atoms with Crippen LogP contribution in [0.15, 0.2) is 36.4 Å². The van der Waals surface area contributed by atoms with Crippen LogP contribution in [0.1, 0.15) is 23.1 Å². The summed E-state index contributed by atoms with van der Waals surface area (Å²) in [7, 11) is 0. The molecule has 1 aliphatic carbocycles. The standard InChI is InChI=1S/C16H13ClF2O/c17-13-8-10(4-5-15(13)19)9-16(20)7-6-11-12(16)2-1-3-14(11)18/h1-5,8,20H,6-7,9H2. The first-order valence-corrected chi connectivity index (χ1v) is 6.81. The Morgan fingerprint density at radius 1 is 1.15 bits per heavy atom. The van der Waals surface area contributed by atoms with Crippen molar-refractivity contribution in [2.75, 3.05) is 0 Å². The fraction of sp³-hybridized carbons (Fsp3) is 0.250. The second kappa shape index (κ2) is 4.83. The summed E-state index contributed by atoms with van der Waals surface area (Å²) in [5.74, 6) is -0.768. The molecule has 1 aliphatic rings. The molecule has 0 fully saturated rings. The second-order valence-corrected chi connectivity index (χ2v) is 5.63. The average molecular weight is 295 g/mol. The van der Waals surface area contributed by atoms with E-state index in [9.17, 15) is 13.9 Å². The maximum absolute atomic E-state index is 13.7. The van der Waals surface area contributed by atoms with Crippen LogP contribution >= 0.6 is 11.6 Å². The van der Waals surface area contributed by atoms with Gasteiger partial charge >= 0.3 is 0 Å². The zero-order valence-electron chi connectivity index (χ0n) is 10.7. The van der Waals surface area contributed by atoms with Gasteiger partial charge in [0.1, 0.15) is 11.6 Å². The molecule has 0 aromatic heterocycles. The van der Waals surface area contributed by atoms with E-state index in [1.807, 2.05) is 0 Å². The van der Waals surface area contributed by atoms with Gasteiger partial charge in [0, 0.05) is 6.42 Å². The molecule has 4 heteroatoms. The predicted octanol–water partition coefficient (Wildman–Crippen LogP) is 3.99. The third-order valence-corrected chi connectivity index (χ3v) is 4.18. The Balaban J connectivity index is 1.96. The summed E-state index contributed by atoms with van der Waals surface area (Å²) in [6.07, 6.45) is 1.26. The Bertz CT molecular complexity index is 672. The number of halogens is 3. The minimum absolute atomic E-state index is 0.0311. The van der Waals surface area contributed by atoms with Crippen LogP contribution in [0.5, 0.6) is 0 Å². The lowest BCUT2D eigenvalue weighted by Gasteiger charge is -2.24. The maximum atomic E-state index is 13.7. The van der Waals surface area contributed by atoms with Crippen molar-refractivity contribution < 1.29 is 13.9 Å². The quantitative estimate of drug-likeness (QED) is 0.888. The van der Waals surface area contributed by atoms with Crippen LogP contribution in [0.2, 0.25) is 5.02 Å². The highest BCUT2D eigenvalue weighted by molar-refractivity contribution is 6.30. The van der Waals surface area contributed by atoms with Crippen molar-refractivity contribution in [3.8, 4) is 0 Å². The van der Waals surface area contributed by atoms with Crippen molar-refractivity contribution in [3.63, 3.8) is 0 Å². The maximum Gasteiger partial charge on any atom is 0.141 e. The third-order valence-electron chi connectivity index (χ3n) is 3.89. The van der Waals surface area contributed by atoms with E-state index in [-0.39, 0.29) is 10.8 Å². The van der Waals surface area contributed by atoms with Crippen molar-refractivity contribution in [3.05, 3.63) is 69.7 Å². The van der Waals surface area contributed by atoms with Crippen LogP contribution in [-0.4, -0.2) is 5.11 Å². The minimum Gasteiger partial charge on any atom is -0.385 e. The van der Waals surface area contributed by atoms with E-state index in [4.69, 9.17) is 11.6 Å². The number of rotatable bonds is 2. The van der Waals surface area contributed by atoms with Crippen molar-refractivity contribution in [1.82, 2.24) is 0 Å². The monoisotopic (exact) mass is 294 g/mol. The van der Waals surface area contributed by atoms with Crippen molar-refractivity contribution in [2.45, 2.75) is 24.9 Å². The van der Waals surface area contributed by atoms with Crippen LogP contribution in [0.3, 0.4) is 0 Å². The van der Waals surface area contributed by atoms with E-state index in [2.05, 4.69) is 0 Å². The molecule has 1 unspecified atom stereocenters. The molecular formula is C16H13ClF2O. The summed E-state index contributed by atoms with van der Waals surface area (Å²) in [5, 5.41) is 10.8. The number of benzene rings is 2. The number of hydrogen-bond donors (Lipinski definition) is 1. The van der Waals surface area contributed by atoms with Gasteiger partial charge in [-0.2, -0.15) is 0 Å². The largest absolute Gasteiger partial charge is 0.385 e. The van der Waals surface area contributed by atoms with Crippen molar-refractivity contribution in [1.29, 1.82) is 0 Å². The van der Waals surface area contributed by atoms with Gasteiger partial charge in [0.25, 0.3) is 0 Å². The first-order valence-electron chi connectivity index (χ1n) is 6.44. The highest BCUT2D eigenvalue weighted by atomic mass is 35.5. The molecule has 3 rings (SSSR count). The highest BCUT2D eigenvalue weighted by Crippen LogP contribution is 2.40. The van der Waals surface area contributed by atoms with Crippen LogP contribution in [0, 0.1) is 11.6 Å². The molecule has 2 aromatic rings. The molecule has 0 saturated heterocycles. The smallest absolute Gasteiger partial charge is 0.141 e. The number of fused-ring (bicyclic) bond motifs is 1. The van der Waals surface area contributed by atoms with Crippen LogP contribution in [-0.2, 0) is 18.4 Å². The van der Waals surface area contributed by atoms with Gasteiger partial charge < -0.3 is 5.11 Å². The first kappa shape index (κ1) is 13.5.